The molecule has 0 saturated heterocycles. The molecule has 2 aromatic carbocycles. The van der Waals surface area contributed by atoms with Gasteiger partial charge in [0, 0.05) is 11.1 Å². The molecule has 9 nitrogen and oxygen atoms in total. The molecule has 2 aromatic heterocycles. The van der Waals surface area contributed by atoms with Crippen molar-refractivity contribution in [3.8, 4) is 28.5 Å². The molecule has 4 rings (SSSR count). The highest BCUT2D eigenvalue weighted by molar-refractivity contribution is 7.71. The molecule has 0 saturated carbocycles. The Labute approximate surface area is 183 Å². The van der Waals surface area contributed by atoms with Crippen LogP contribution < -0.4 is 10.1 Å². The van der Waals surface area contributed by atoms with Gasteiger partial charge in [0.05, 0.1) is 13.7 Å². The molecule has 2 heterocycles. The fourth-order valence-electron chi connectivity index (χ4n) is 3.01. The number of carbonyl (C=O) groups excluding carboxylic acids is 1. The summed E-state index contributed by atoms with van der Waals surface area (Å²) in [4.78, 5) is 17.0. The first kappa shape index (κ1) is 20.5. The van der Waals surface area contributed by atoms with E-state index in [0.29, 0.717) is 22.2 Å². The van der Waals surface area contributed by atoms with Gasteiger partial charge in [-0.05, 0) is 43.4 Å². The van der Waals surface area contributed by atoms with E-state index in [2.05, 4.69) is 30.7 Å². The highest BCUT2D eigenvalue weighted by Crippen LogP contribution is 2.19. The summed E-state index contributed by atoms with van der Waals surface area (Å²) in [6.07, 6.45) is 0. The van der Waals surface area contributed by atoms with E-state index >= 15 is 0 Å². The number of carbonyl (C=O) groups is 1. The molecule has 0 aliphatic heterocycles. The van der Waals surface area contributed by atoms with Crippen molar-refractivity contribution in [1.82, 2.24) is 35.3 Å². The molecular weight excluding hydrogens is 414 g/mol. The smallest absolute Gasteiger partial charge is 0.240 e. The van der Waals surface area contributed by atoms with E-state index in [0.717, 1.165) is 22.4 Å². The second-order valence-corrected chi connectivity index (χ2v) is 7.30. The standard InChI is InChI=1S/C21H21N7O2S/c1-13-3-5-15(6-4-13)20-26-27-21(31)28(20)12-18(29)22-11-17-23-19(25-24-17)14-7-9-16(30-2)10-8-14/h3-10H,11-12H2,1-2H3,(H,22,29)(H,27,31)(H,23,24,25). The van der Waals surface area contributed by atoms with Crippen molar-refractivity contribution in [3.05, 3.63) is 64.7 Å². The van der Waals surface area contributed by atoms with Crippen LogP contribution in [0, 0.1) is 11.7 Å². The molecule has 0 spiro atoms. The highest BCUT2D eigenvalue weighted by atomic mass is 32.1. The zero-order valence-electron chi connectivity index (χ0n) is 17.0. The highest BCUT2D eigenvalue weighted by Gasteiger charge is 2.13. The number of ether oxygens (including phenoxy) is 1. The second kappa shape index (κ2) is 8.92. The summed E-state index contributed by atoms with van der Waals surface area (Å²) in [6.45, 7) is 2.27. The van der Waals surface area contributed by atoms with Gasteiger partial charge in [-0.1, -0.05) is 29.8 Å². The number of amides is 1. The van der Waals surface area contributed by atoms with Crippen LogP contribution in [0.5, 0.6) is 5.75 Å². The van der Waals surface area contributed by atoms with Crippen LogP contribution >= 0.6 is 12.2 Å². The van der Waals surface area contributed by atoms with Gasteiger partial charge in [-0.3, -0.25) is 19.6 Å². The quantitative estimate of drug-likeness (QED) is 0.385. The summed E-state index contributed by atoms with van der Waals surface area (Å²) in [5.74, 6) is 2.25. The average molecular weight is 436 g/mol. The number of nitrogens with zero attached hydrogens (tertiary/aromatic N) is 4. The number of H-pyrrole nitrogens is 2. The van der Waals surface area contributed by atoms with Gasteiger partial charge in [-0.25, -0.2) is 4.98 Å². The van der Waals surface area contributed by atoms with Crippen molar-refractivity contribution in [2.75, 3.05) is 7.11 Å². The van der Waals surface area contributed by atoms with Gasteiger partial charge in [0.2, 0.25) is 5.91 Å². The Hall–Kier alpha value is -3.79. The van der Waals surface area contributed by atoms with Gasteiger partial charge in [0.15, 0.2) is 16.4 Å². The number of benzene rings is 2. The Morgan fingerprint density at radius 2 is 1.77 bits per heavy atom. The molecule has 0 atom stereocenters. The van der Waals surface area contributed by atoms with Gasteiger partial charge in [-0.2, -0.15) is 10.2 Å². The van der Waals surface area contributed by atoms with E-state index in [1.165, 1.54) is 0 Å². The van der Waals surface area contributed by atoms with Gasteiger partial charge in [-0.15, -0.1) is 0 Å². The summed E-state index contributed by atoms with van der Waals surface area (Å²) >= 11 is 5.30. The van der Waals surface area contributed by atoms with E-state index in [1.54, 1.807) is 11.7 Å². The number of aryl methyl sites for hydroxylation is 1. The first-order valence-corrected chi connectivity index (χ1v) is 9.99. The lowest BCUT2D eigenvalue weighted by Gasteiger charge is -2.07. The maximum atomic E-state index is 12.5. The van der Waals surface area contributed by atoms with Gasteiger partial charge in [0.1, 0.15) is 18.1 Å². The van der Waals surface area contributed by atoms with E-state index in [4.69, 9.17) is 17.0 Å². The van der Waals surface area contributed by atoms with Crippen LogP contribution in [0.2, 0.25) is 0 Å². The monoisotopic (exact) mass is 435 g/mol. The number of nitrogens with one attached hydrogen (secondary N) is 3. The van der Waals surface area contributed by atoms with Crippen LogP contribution in [-0.4, -0.2) is 43.0 Å². The lowest BCUT2D eigenvalue weighted by atomic mass is 10.1. The molecule has 0 bridgehead atoms. The Morgan fingerprint density at radius 1 is 1.06 bits per heavy atom. The molecule has 1 amide bonds. The minimum Gasteiger partial charge on any atom is -0.497 e. The summed E-state index contributed by atoms with van der Waals surface area (Å²) < 4.78 is 7.20. The molecule has 158 valence electrons. The molecule has 3 N–H and O–H groups in total. The number of aromatic amines is 2. The molecule has 0 aliphatic carbocycles. The van der Waals surface area contributed by atoms with E-state index in [1.807, 2.05) is 55.5 Å². The average Bonchev–Trinajstić information content (AvgIpc) is 3.40. The largest absolute Gasteiger partial charge is 0.497 e. The predicted octanol–water partition coefficient (Wildman–Crippen LogP) is 3.03. The molecule has 0 aliphatic rings. The van der Waals surface area contributed by atoms with Crippen molar-refractivity contribution in [2.24, 2.45) is 0 Å². The van der Waals surface area contributed by atoms with Crippen LogP contribution in [0.4, 0.5) is 0 Å². The topological polar surface area (TPSA) is 114 Å². The first-order chi connectivity index (χ1) is 15.0. The summed E-state index contributed by atoms with van der Waals surface area (Å²) in [5.41, 5.74) is 2.87. The Morgan fingerprint density at radius 3 is 2.48 bits per heavy atom. The first-order valence-electron chi connectivity index (χ1n) is 9.58. The number of methoxy groups -OCH3 is 1. The molecule has 0 unspecified atom stereocenters. The Kier molecular flexibility index (Phi) is 5.89. The molecular formula is C21H21N7O2S. The van der Waals surface area contributed by atoms with Gasteiger partial charge < -0.3 is 10.1 Å². The van der Waals surface area contributed by atoms with Crippen LogP contribution in [0.3, 0.4) is 0 Å². The second-order valence-electron chi connectivity index (χ2n) is 6.92. The van der Waals surface area contributed by atoms with Crippen molar-refractivity contribution in [2.45, 2.75) is 20.0 Å². The summed E-state index contributed by atoms with van der Waals surface area (Å²) in [5, 5.41) is 16.9. The summed E-state index contributed by atoms with van der Waals surface area (Å²) in [6, 6.07) is 15.3. The fourth-order valence-corrected chi connectivity index (χ4v) is 3.21. The van der Waals surface area contributed by atoms with Crippen LogP contribution in [0.1, 0.15) is 11.4 Å². The van der Waals surface area contributed by atoms with E-state index in [-0.39, 0.29) is 19.0 Å². The SMILES string of the molecule is COc1ccc(-c2n[nH]c(CNC(=O)Cn3c(-c4ccc(C)cc4)n[nH]c3=S)n2)cc1. The number of aromatic nitrogens is 6. The lowest BCUT2D eigenvalue weighted by Crippen LogP contribution is -2.28. The van der Waals surface area contributed by atoms with Crippen LogP contribution in [0.25, 0.3) is 22.8 Å². The fraction of sp³-hybridized carbons (Fsp3) is 0.190. The molecule has 31 heavy (non-hydrogen) atoms. The predicted molar refractivity (Wildman–Crippen MR) is 118 cm³/mol. The lowest BCUT2D eigenvalue weighted by molar-refractivity contribution is -0.121. The van der Waals surface area contributed by atoms with Crippen molar-refractivity contribution in [3.63, 3.8) is 0 Å². The van der Waals surface area contributed by atoms with Crippen molar-refractivity contribution in [1.29, 1.82) is 0 Å². The van der Waals surface area contributed by atoms with Crippen LogP contribution in [0.15, 0.2) is 48.5 Å². The van der Waals surface area contributed by atoms with Crippen molar-refractivity contribution < 1.29 is 9.53 Å². The normalized spacial score (nSPS) is 10.8. The Bertz CT molecular complexity index is 1240. The zero-order valence-corrected chi connectivity index (χ0v) is 17.9. The molecule has 0 radical (unpaired) electrons. The minimum atomic E-state index is -0.215. The molecule has 0 fully saturated rings. The van der Waals surface area contributed by atoms with Crippen LogP contribution in [-0.2, 0) is 17.9 Å². The number of hydrogen-bond acceptors (Lipinski definition) is 6. The Balaban J connectivity index is 1.40. The van der Waals surface area contributed by atoms with E-state index < -0.39 is 0 Å². The van der Waals surface area contributed by atoms with E-state index in [9.17, 15) is 4.79 Å². The van der Waals surface area contributed by atoms with Gasteiger partial charge in [0.25, 0.3) is 0 Å². The minimum absolute atomic E-state index is 0.0397. The van der Waals surface area contributed by atoms with Crippen molar-refractivity contribution >= 4 is 18.1 Å². The molecule has 4 aromatic rings. The third kappa shape index (κ3) is 4.69. The maximum absolute atomic E-state index is 12.5. The number of rotatable bonds is 7. The zero-order chi connectivity index (χ0) is 21.8. The third-order valence-electron chi connectivity index (χ3n) is 4.70. The third-order valence-corrected chi connectivity index (χ3v) is 5.01. The summed E-state index contributed by atoms with van der Waals surface area (Å²) in [7, 11) is 1.61. The van der Waals surface area contributed by atoms with Gasteiger partial charge >= 0.3 is 0 Å². The maximum Gasteiger partial charge on any atom is 0.240 e. The number of hydrogen-bond donors (Lipinski definition) is 3. The molecule has 10 heteroatoms.